The quantitative estimate of drug-likeness (QED) is 0.456. The number of carbonyl (C=O) groups excluding carboxylic acids is 1. The summed E-state index contributed by atoms with van der Waals surface area (Å²) < 4.78 is 13.5. The Labute approximate surface area is 210 Å². The van der Waals surface area contributed by atoms with Gasteiger partial charge in [0.1, 0.15) is 0 Å². The molecular weight excluding hydrogens is 462 g/mol. The minimum Gasteiger partial charge on any atom is -0.378 e. The zero-order valence-electron chi connectivity index (χ0n) is 19.8. The molecule has 1 N–H and O–H groups in total. The first-order chi connectivity index (χ1) is 17.3. The number of morpholine rings is 1. The van der Waals surface area contributed by atoms with Crippen LogP contribution in [0.15, 0.2) is 59.8 Å². The van der Waals surface area contributed by atoms with Crippen LogP contribution in [-0.4, -0.2) is 65.4 Å². The van der Waals surface area contributed by atoms with Gasteiger partial charge in [0.05, 0.1) is 31.6 Å². The largest absolute Gasteiger partial charge is 0.378 e. The van der Waals surface area contributed by atoms with Crippen molar-refractivity contribution < 1.29 is 14.3 Å². The summed E-state index contributed by atoms with van der Waals surface area (Å²) in [6, 6.07) is 18.2. The molecule has 0 bridgehead atoms. The number of para-hydroxylation sites is 1. The minimum atomic E-state index is -0.0601. The van der Waals surface area contributed by atoms with Gasteiger partial charge in [-0.3, -0.25) is 9.36 Å². The number of aromatic nitrogens is 3. The summed E-state index contributed by atoms with van der Waals surface area (Å²) in [4.78, 5) is 15.1. The number of amides is 1. The van der Waals surface area contributed by atoms with Crippen LogP contribution < -0.4 is 10.2 Å². The molecule has 5 rings (SSSR count). The number of hydrogen-bond donors (Lipinski definition) is 1. The first kappa shape index (κ1) is 23.8. The number of carbonyl (C=O) groups is 1. The molecule has 0 radical (unpaired) electrons. The highest BCUT2D eigenvalue weighted by Gasteiger charge is 2.25. The molecule has 0 saturated carbocycles. The maximum Gasteiger partial charge on any atom is 0.234 e. The standard InChI is InChI=1S/C26H31N5O3S/c32-24(27-23-11-5-4-9-21(23)17-20-7-2-1-3-8-20)19-35-26-29-28-25(30-12-15-33-16-13-30)31(26)18-22-10-6-14-34-22/h1-5,7-9,11,22H,6,10,12-19H2,(H,27,32). The van der Waals surface area contributed by atoms with Gasteiger partial charge in [0.15, 0.2) is 5.16 Å². The Bertz CT molecular complexity index is 1110. The molecular formula is C26H31N5O3S. The molecule has 2 aromatic carbocycles. The number of rotatable bonds is 9. The van der Waals surface area contributed by atoms with Crippen molar-refractivity contribution in [1.29, 1.82) is 0 Å². The molecule has 1 atom stereocenters. The van der Waals surface area contributed by atoms with Crippen molar-refractivity contribution >= 4 is 29.3 Å². The van der Waals surface area contributed by atoms with E-state index in [1.165, 1.54) is 17.3 Å². The second-order valence-corrected chi connectivity index (χ2v) is 9.73. The van der Waals surface area contributed by atoms with Gasteiger partial charge >= 0.3 is 0 Å². The molecule has 3 heterocycles. The fourth-order valence-electron chi connectivity index (χ4n) is 4.47. The Morgan fingerprint density at radius 2 is 1.83 bits per heavy atom. The Kier molecular flexibility index (Phi) is 7.97. The van der Waals surface area contributed by atoms with Crippen LogP contribution in [0.3, 0.4) is 0 Å². The van der Waals surface area contributed by atoms with Gasteiger partial charge in [0, 0.05) is 25.4 Å². The van der Waals surface area contributed by atoms with Crippen molar-refractivity contribution in [3.05, 3.63) is 65.7 Å². The van der Waals surface area contributed by atoms with Gasteiger partial charge in [-0.15, -0.1) is 10.2 Å². The molecule has 2 fully saturated rings. The van der Waals surface area contributed by atoms with Crippen LogP contribution in [0.2, 0.25) is 0 Å². The zero-order valence-corrected chi connectivity index (χ0v) is 20.6. The lowest BCUT2D eigenvalue weighted by atomic mass is 10.0. The molecule has 1 unspecified atom stereocenters. The highest BCUT2D eigenvalue weighted by Crippen LogP contribution is 2.26. The Morgan fingerprint density at radius 3 is 2.63 bits per heavy atom. The Hall–Kier alpha value is -2.88. The van der Waals surface area contributed by atoms with E-state index in [0.29, 0.717) is 19.8 Å². The third kappa shape index (κ3) is 6.22. The van der Waals surface area contributed by atoms with Crippen molar-refractivity contribution in [2.75, 3.05) is 48.9 Å². The first-order valence-electron chi connectivity index (χ1n) is 12.2. The van der Waals surface area contributed by atoms with Gasteiger partial charge in [-0.05, 0) is 36.5 Å². The molecule has 2 aliphatic rings. The Morgan fingerprint density at radius 1 is 1.03 bits per heavy atom. The molecule has 0 aliphatic carbocycles. The normalized spacial score (nSPS) is 18.1. The van der Waals surface area contributed by atoms with E-state index in [0.717, 1.165) is 61.3 Å². The summed E-state index contributed by atoms with van der Waals surface area (Å²) in [6.07, 6.45) is 3.03. The number of thioether (sulfide) groups is 1. The van der Waals surface area contributed by atoms with Crippen LogP contribution in [-0.2, 0) is 27.2 Å². The van der Waals surface area contributed by atoms with Gasteiger partial charge in [0.25, 0.3) is 0 Å². The van der Waals surface area contributed by atoms with E-state index in [4.69, 9.17) is 9.47 Å². The highest BCUT2D eigenvalue weighted by molar-refractivity contribution is 7.99. The van der Waals surface area contributed by atoms with Gasteiger partial charge in [0.2, 0.25) is 11.9 Å². The van der Waals surface area contributed by atoms with E-state index >= 15 is 0 Å². The summed E-state index contributed by atoms with van der Waals surface area (Å²) in [5.41, 5.74) is 3.14. The van der Waals surface area contributed by atoms with Gasteiger partial charge in [-0.25, -0.2) is 0 Å². The molecule has 1 aromatic heterocycles. The van der Waals surface area contributed by atoms with E-state index in [2.05, 4.69) is 43.2 Å². The number of anilines is 2. The topological polar surface area (TPSA) is 81.5 Å². The molecule has 2 saturated heterocycles. The number of nitrogens with zero attached hydrogens (tertiary/aromatic N) is 4. The van der Waals surface area contributed by atoms with Crippen molar-refractivity contribution in [2.24, 2.45) is 0 Å². The smallest absolute Gasteiger partial charge is 0.234 e. The fraction of sp³-hybridized carbons (Fsp3) is 0.423. The third-order valence-electron chi connectivity index (χ3n) is 6.26. The number of nitrogens with one attached hydrogen (secondary N) is 1. The maximum absolute atomic E-state index is 12.9. The van der Waals surface area contributed by atoms with Crippen molar-refractivity contribution in [3.8, 4) is 0 Å². The summed E-state index contributed by atoms with van der Waals surface area (Å²) in [6.45, 7) is 4.43. The SMILES string of the molecule is O=C(CSc1nnc(N2CCOCC2)n1CC1CCCO1)Nc1ccccc1Cc1ccccc1. The number of hydrogen-bond acceptors (Lipinski definition) is 7. The molecule has 3 aromatic rings. The lowest BCUT2D eigenvalue weighted by Crippen LogP contribution is -2.38. The van der Waals surface area contributed by atoms with Crippen LogP contribution in [0.4, 0.5) is 11.6 Å². The monoisotopic (exact) mass is 493 g/mol. The average Bonchev–Trinajstić information content (AvgIpc) is 3.56. The van der Waals surface area contributed by atoms with E-state index in [1.807, 2.05) is 36.4 Å². The summed E-state index contributed by atoms with van der Waals surface area (Å²) in [7, 11) is 0. The Balaban J connectivity index is 1.25. The number of ether oxygens (including phenoxy) is 2. The average molecular weight is 494 g/mol. The van der Waals surface area contributed by atoms with Crippen LogP contribution in [0.5, 0.6) is 0 Å². The summed E-state index contributed by atoms with van der Waals surface area (Å²) in [5, 5.41) is 12.8. The lowest BCUT2D eigenvalue weighted by molar-refractivity contribution is -0.113. The second-order valence-electron chi connectivity index (χ2n) is 8.78. The van der Waals surface area contributed by atoms with Crippen LogP contribution in [0.1, 0.15) is 24.0 Å². The van der Waals surface area contributed by atoms with Crippen LogP contribution in [0.25, 0.3) is 0 Å². The molecule has 2 aliphatic heterocycles. The van der Waals surface area contributed by atoms with Crippen molar-refractivity contribution in [2.45, 2.75) is 37.1 Å². The van der Waals surface area contributed by atoms with E-state index in [-0.39, 0.29) is 17.8 Å². The van der Waals surface area contributed by atoms with Gasteiger partial charge in [-0.1, -0.05) is 60.3 Å². The molecule has 9 heteroatoms. The maximum atomic E-state index is 12.9. The fourth-order valence-corrected chi connectivity index (χ4v) is 5.21. The molecule has 0 spiro atoms. The van der Waals surface area contributed by atoms with E-state index in [1.54, 1.807) is 0 Å². The molecule has 8 nitrogen and oxygen atoms in total. The summed E-state index contributed by atoms with van der Waals surface area (Å²) in [5.74, 6) is 1.03. The predicted octanol–water partition coefficient (Wildman–Crippen LogP) is 3.62. The summed E-state index contributed by atoms with van der Waals surface area (Å²) >= 11 is 1.42. The van der Waals surface area contributed by atoms with Crippen LogP contribution in [0, 0.1) is 0 Å². The van der Waals surface area contributed by atoms with E-state index < -0.39 is 0 Å². The van der Waals surface area contributed by atoms with Crippen LogP contribution >= 0.6 is 11.8 Å². The molecule has 1 amide bonds. The number of benzene rings is 2. The molecule has 35 heavy (non-hydrogen) atoms. The highest BCUT2D eigenvalue weighted by atomic mass is 32.2. The van der Waals surface area contributed by atoms with E-state index in [9.17, 15) is 4.79 Å². The lowest BCUT2D eigenvalue weighted by Gasteiger charge is -2.28. The zero-order chi connectivity index (χ0) is 23.9. The van der Waals surface area contributed by atoms with Crippen molar-refractivity contribution in [3.63, 3.8) is 0 Å². The van der Waals surface area contributed by atoms with Gasteiger partial charge < -0.3 is 19.7 Å². The second kappa shape index (κ2) is 11.7. The molecule has 184 valence electrons. The van der Waals surface area contributed by atoms with Gasteiger partial charge in [-0.2, -0.15) is 0 Å². The predicted molar refractivity (Wildman–Crippen MR) is 137 cm³/mol. The van der Waals surface area contributed by atoms with Crippen molar-refractivity contribution in [1.82, 2.24) is 14.8 Å². The third-order valence-corrected chi connectivity index (χ3v) is 7.23. The first-order valence-corrected chi connectivity index (χ1v) is 13.2. The minimum absolute atomic E-state index is 0.0601.